The number of thiophene rings is 1. The van der Waals surface area contributed by atoms with Crippen molar-refractivity contribution < 1.29 is 4.42 Å². The summed E-state index contributed by atoms with van der Waals surface area (Å²) in [6, 6.07) is 50.2. The zero-order valence-corrected chi connectivity index (χ0v) is 26.3. The van der Waals surface area contributed by atoms with E-state index in [4.69, 9.17) is 24.4 Å². The molecule has 0 N–H and O–H groups in total. The highest BCUT2D eigenvalue weighted by Crippen LogP contribution is 2.40. The van der Waals surface area contributed by atoms with Gasteiger partial charge in [-0.15, -0.1) is 11.3 Å². The van der Waals surface area contributed by atoms with Gasteiger partial charge >= 0.3 is 0 Å². The molecule has 0 spiro atoms. The summed E-state index contributed by atoms with van der Waals surface area (Å²) in [6.07, 6.45) is 0. The Hall–Kier alpha value is -6.24. The van der Waals surface area contributed by atoms with Gasteiger partial charge in [-0.25, -0.2) is 19.9 Å². The van der Waals surface area contributed by atoms with Crippen LogP contribution in [0, 0.1) is 0 Å². The Kier molecular flexibility index (Phi) is 5.98. The zero-order valence-electron chi connectivity index (χ0n) is 25.5. The van der Waals surface area contributed by atoms with Crippen molar-refractivity contribution in [3.05, 3.63) is 146 Å². The molecule has 0 aliphatic carbocycles. The van der Waals surface area contributed by atoms with Crippen molar-refractivity contribution in [2.75, 3.05) is 0 Å². The van der Waals surface area contributed by atoms with Crippen LogP contribution in [-0.4, -0.2) is 19.9 Å². The van der Waals surface area contributed by atoms with Gasteiger partial charge in [0.15, 0.2) is 5.82 Å². The number of hydrogen-bond acceptors (Lipinski definition) is 6. The Bertz CT molecular complexity index is 2840. The second-order valence-corrected chi connectivity index (χ2v) is 12.9. The summed E-state index contributed by atoms with van der Waals surface area (Å²) in [7, 11) is 0. The molecule has 6 heteroatoms. The lowest BCUT2D eigenvalue weighted by molar-refractivity contribution is 0.655. The molecule has 10 aromatic rings. The summed E-state index contributed by atoms with van der Waals surface area (Å²) in [5.74, 6) is 0.723. The monoisotopic (exact) mass is 632 g/mol. The Balaban J connectivity index is 1.02. The van der Waals surface area contributed by atoms with Crippen molar-refractivity contribution in [2.24, 2.45) is 0 Å². The number of nitrogens with zero attached hydrogens (tertiary/aromatic N) is 4. The molecular formula is C42H24N4OS. The molecule has 5 nitrogen and oxygen atoms in total. The molecule has 0 saturated heterocycles. The first-order valence-corrected chi connectivity index (χ1v) is 16.6. The number of fused-ring (bicyclic) bond motifs is 7. The maximum atomic E-state index is 6.19. The van der Waals surface area contributed by atoms with E-state index in [9.17, 15) is 0 Å². The topological polar surface area (TPSA) is 64.7 Å². The van der Waals surface area contributed by atoms with Crippen molar-refractivity contribution in [3.63, 3.8) is 0 Å². The number of benzene rings is 6. The van der Waals surface area contributed by atoms with Crippen LogP contribution in [0.5, 0.6) is 0 Å². The lowest BCUT2D eigenvalue weighted by Gasteiger charge is -2.09. The Morgan fingerprint density at radius 1 is 0.438 bits per heavy atom. The summed E-state index contributed by atoms with van der Waals surface area (Å²) in [5, 5.41) is 2.12. The number of aromatic nitrogens is 4. The standard InChI is InChI=1S/C42H24N4OS/c1-2-9-26(10-3-1)37-40-38(32-13-4-7-16-36(32)48-40)46-41(45-37)27-19-17-25(18-20-27)28-11-8-12-29(23-28)30-21-22-31-35(24-30)47-42-39(31)43-33-14-5-6-15-34(33)44-42/h1-24H. The van der Waals surface area contributed by atoms with Crippen LogP contribution >= 0.6 is 11.3 Å². The highest BCUT2D eigenvalue weighted by Gasteiger charge is 2.17. The predicted octanol–water partition coefficient (Wildman–Crippen LogP) is 11.4. The first-order valence-electron chi connectivity index (χ1n) is 15.8. The molecule has 48 heavy (non-hydrogen) atoms. The molecule has 4 aromatic heterocycles. The zero-order chi connectivity index (χ0) is 31.6. The minimum Gasteiger partial charge on any atom is -0.436 e. The van der Waals surface area contributed by atoms with E-state index in [1.54, 1.807) is 11.3 Å². The molecule has 0 saturated carbocycles. The van der Waals surface area contributed by atoms with Gasteiger partial charge in [0, 0.05) is 26.6 Å². The molecule has 224 valence electrons. The molecule has 10 rings (SSSR count). The molecule has 0 amide bonds. The third-order valence-electron chi connectivity index (χ3n) is 8.92. The summed E-state index contributed by atoms with van der Waals surface area (Å²) in [4.78, 5) is 19.8. The van der Waals surface area contributed by atoms with E-state index in [2.05, 4.69) is 115 Å². The van der Waals surface area contributed by atoms with Crippen molar-refractivity contribution in [1.82, 2.24) is 19.9 Å². The first-order chi connectivity index (χ1) is 23.7. The van der Waals surface area contributed by atoms with Gasteiger partial charge in [0.2, 0.25) is 5.71 Å². The van der Waals surface area contributed by atoms with E-state index in [1.165, 1.54) is 4.70 Å². The number of furan rings is 1. The van der Waals surface area contributed by atoms with Crippen molar-refractivity contribution >= 4 is 64.9 Å². The van der Waals surface area contributed by atoms with E-state index in [1.807, 2.05) is 30.3 Å². The van der Waals surface area contributed by atoms with Crippen LogP contribution < -0.4 is 0 Å². The highest BCUT2D eigenvalue weighted by molar-refractivity contribution is 7.26. The Labute approximate surface area is 278 Å². The second-order valence-electron chi connectivity index (χ2n) is 11.9. The Morgan fingerprint density at radius 3 is 1.96 bits per heavy atom. The van der Waals surface area contributed by atoms with Gasteiger partial charge in [0.25, 0.3) is 0 Å². The molecule has 0 aliphatic heterocycles. The van der Waals surface area contributed by atoms with Crippen molar-refractivity contribution in [2.45, 2.75) is 0 Å². The quantitative estimate of drug-likeness (QED) is 0.193. The normalized spacial score (nSPS) is 11.8. The van der Waals surface area contributed by atoms with Crippen LogP contribution in [0.25, 0.3) is 98.4 Å². The summed E-state index contributed by atoms with van der Waals surface area (Å²) >= 11 is 1.75. The van der Waals surface area contributed by atoms with Gasteiger partial charge < -0.3 is 4.42 Å². The lowest BCUT2D eigenvalue weighted by Crippen LogP contribution is -1.93. The molecule has 0 radical (unpaired) electrons. The molecule has 0 unspecified atom stereocenters. The van der Waals surface area contributed by atoms with Crippen LogP contribution in [0.4, 0.5) is 0 Å². The second kappa shape index (κ2) is 10.7. The smallest absolute Gasteiger partial charge is 0.246 e. The summed E-state index contributed by atoms with van der Waals surface area (Å²) < 4.78 is 8.52. The molecule has 6 aromatic carbocycles. The van der Waals surface area contributed by atoms with E-state index in [0.29, 0.717) is 5.71 Å². The predicted molar refractivity (Wildman–Crippen MR) is 197 cm³/mol. The van der Waals surface area contributed by atoms with Crippen molar-refractivity contribution in [1.29, 1.82) is 0 Å². The molecule has 0 atom stereocenters. The van der Waals surface area contributed by atoms with Gasteiger partial charge in [-0.3, -0.25) is 0 Å². The summed E-state index contributed by atoms with van der Waals surface area (Å²) in [6.45, 7) is 0. The minimum absolute atomic E-state index is 0.556. The molecule has 0 fully saturated rings. The van der Waals surface area contributed by atoms with Crippen molar-refractivity contribution in [3.8, 4) is 44.9 Å². The van der Waals surface area contributed by atoms with Gasteiger partial charge in [0.05, 0.1) is 26.9 Å². The van der Waals surface area contributed by atoms with Crippen LogP contribution in [0.15, 0.2) is 150 Å². The van der Waals surface area contributed by atoms with E-state index in [0.717, 1.165) is 88.0 Å². The van der Waals surface area contributed by atoms with Gasteiger partial charge in [-0.2, -0.15) is 0 Å². The molecular weight excluding hydrogens is 609 g/mol. The van der Waals surface area contributed by atoms with E-state index < -0.39 is 0 Å². The third-order valence-corrected chi connectivity index (χ3v) is 10.1. The average Bonchev–Trinajstić information content (AvgIpc) is 3.71. The van der Waals surface area contributed by atoms with Crippen LogP contribution in [-0.2, 0) is 0 Å². The average molecular weight is 633 g/mol. The van der Waals surface area contributed by atoms with Crippen LogP contribution in [0.2, 0.25) is 0 Å². The van der Waals surface area contributed by atoms with Gasteiger partial charge in [-0.1, -0.05) is 109 Å². The molecule has 0 aliphatic rings. The number of para-hydroxylation sites is 2. The summed E-state index contributed by atoms with van der Waals surface area (Å²) in [5.41, 5.74) is 12.3. The van der Waals surface area contributed by atoms with Crippen LogP contribution in [0.1, 0.15) is 0 Å². The largest absolute Gasteiger partial charge is 0.436 e. The van der Waals surface area contributed by atoms with Gasteiger partial charge in [-0.05, 0) is 58.7 Å². The number of rotatable bonds is 4. The molecule has 4 heterocycles. The first kappa shape index (κ1) is 26.9. The highest BCUT2D eigenvalue weighted by atomic mass is 32.1. The molecule has 0 bridgehead atoms. The fraction of sp³-hybridized carbons (Fsp3) is 0. The van der Waals surface area contributed by atoms with Gasteiger partial charge in [0.1, 0.15) is 11.1 Å². The SMILES string of the molecule is c1ccc(-c2nc(-c3ccc(-c4cccc(-c5ccc6c(c5)oc5nc7ccccc7nc56)c4)cc3)nc3c2sc2ccccc23)cc1. The third kappa shape index (κ3) is 4.38. The fourth-order valence-electron chi connectivity index (χ4n) is 6.52. The Morgan fingerprint density at radius 2 is 1.10 bits per heavy atom. The fourth-order valence-corrected chi connectivity index (χ4v) is 7.67. The van der Waals surface area contributed by atoms with E-state index >= 15 is 0 Å². The lowest BCUT2D eigenvalue weighted by atomic mass is 9.98. The van der Waals surface area contributed by atoms with Crippen LogP contribution in [0.3, 0.4) is 0 Å². The maximum absolute atomic E-state index is 6.19. The maximum Gasteiger partial charge on any atom is 0.246 e. The minimum atomic E-state index is 0.556. The van der Waals surface area contributed by atoms with E-state index in [-0.39, 0.29) is 0 Å². The number of hydrogen-bond donors (Lipinski definition) is 0.